The number of amides is 1. The topological polar surface area (TPSA) is 96.3 Å². The van der Waals surface area contributed by atoms with Gasteiger partial charge in [0.15, 0.2) is 0 Å². The average molecular weight is 356 g/mol. The number of halogens is 1. The first-order valence-electron chi connectivity index (χ1n) is 8.00. The van der Waals surface area contributed by atoms with Crippen LogP contribution in [-0.2, 0) is 4.74 Å². The molecule has 1 saturated heterocycles. The van der Waals surface area contributed by atoms with Crippen molar-refractivity contribution in [2.45, 2.75) is 6.10 Å². The van der Waals surface area contributed by atoms with E-state index >= 15 is 0 Å². The third-order valence-corrected chi connectivity index (χ3v) is 3.93. The summed E-state index contributed by atoms with van der Waals surface area (Å²) < 4.78 is 25.0. The molecule has 1 atom stereocenters. The molecule has 3 rings (SSSR count). The molecule has 2 aromatic rings. The Morgan fingerprint density at radius 1 is 1.46 bits per heavy atom. The molecule has 1 unspecified atom stereocenters. The molecule has 2 N–H and O–H groups in total. The lowest BCUT2D eigenvalue weighted by atomic mass is 10.1. The number of nitrogens with one attached hydrogen (secondary N) is 2. The van der Waals surface area contributed by atoms with Crippen molar-refractivity contribution in [2.24, 2.45) is 0 Å². The van der Waals surface area contributed by atoms with Gasteiger partial charge in [-0.3, -0.25) is 4.79 Å². The number of rotatable bonds is 4. The van der Waals surface area contributed by atoms with Crippen LogP contribution in [0.3, 0.4) is 0 Å². The lowest BCUT2D eigenvalue weighted by molar-refractivity contribution is 0.0275. The quantitative estimate of drug-likeness (QED) is 0.870. The van der Waals surface area contributed by atoms with Crippen molar-refractivity contribution in [3.8, 4) is 11.9 Å². The Morgan fingerprint density at radius 2 is 2.31 bits per heavy atom. The molecule has 26 heavy (non-hydrogen) atoms. The highest BCUT2D eigenvalue weighted by Crippen LogP contribution is 2.24. The van der Waals surface area contributed by atoms with Crippen molar-refractivity contribution in [2.75, 3.05) is 32.1 Å². The summed E-state index contributed by atoms with van der Waals surface area (Å²) in [5, 5.41) is 14.7. The molecule has 0 saturated carbocycles. The number of carbonyl (C=O) groups excluding carboxylic acids is 1. The second-order valence-corrected chi connectivity index (χ2v) is 5.65. The third kappa shape index (κ3) is 3.96. The van der Waals surface area contributed by atoms with E-state index < -0.39 is 11.7 Å². The Kier molecular flexibility index (Phi) is 5.41. The predicted octanol–water partition coefficient (Wildman–Crippen LogP) is 2.01. The van der Waals surface area contributed by atoms with Gasteiger partial charge in [0.1, 0.15) is 17.6 Å². The zero-order valence-corrected chi connectivity index (χ0v) is 14.1. The molecule has 0 aliphatic carbocycles. The van der Waals surface area contributed by atoms with Gasteiger partial charge in [-0.2, -0.15) is 5.26 Å². The minimum absolute atomic E-state index is 0.0345. The number of pyridine rings is 1. The van der Waals surface area contributed by atoms with E-state index in [-0.39, 0.29) is 28.9 Å². The number of anilines is 1. The van der Waals surface area contributed by atoms with E-state index in [9.17, 15) is 9.18 Å². The molecule has 134 valence electrons. The number of hydrogen-bond donors (Lipinski definition) is 2. The van der Waals surface area contributed by atoms with Crippen LogP contribution in [0.2, 0.25) is 0 Å². The van der Waals surface area contributed by atoms with Gasteiger partial charge in [-0.1, -0.05) is 6.07 Å². The molecule has 0 radical (unpaired) electrons. The first-order valence-corrected chi connectivity index (χ1v) is 8.00. The van der Waals surface area contributed by atoms with Crippen LogP contribution in [0.4, 0.5) is 10.1 Å². The minimum atomic E-state index is -0.565. The molecule has 1 aromatic carbocycles. The second kappa shape index (κ2) is 7.91. The zero-order chi connectivity index (χ0) is 18.5. The Bertz CT molecular complexity index is 860. The Morgan fingerprint density at radius 3 is 2.96 bits per heavy atom. The van der Waals surface area contributed by atoms with Gasteiger partial charge in [0.2, 0.25) is 5.88 Å². The summed E-state index contributed by atoms with van der Waals surface area (Å²) in [6, 6.07) is 9.09. The summed E-state index contributed by atoms with van der Waals surface area (Å²) in [6.45, 7) is 1.95. The maximum Gasteiger partial charge on any atom is 0.256 e. The van der Waals surface area contributed by atoms with Crippen molar-refractivity contribution in [1.82, 2.24) is 10.3 Å². The van der Waals surface area contributed by atoms with Crippen LogP contribution in [-0.4, -0.2) is 37.7 Å². The fraction of sp³-hybridized carbons (Fsp3) is 0.278. The molecule has 0 bridgehead atoms. The molecule has 1 amide bonds. The van der Waals surface area contributed by atoms with E-state index in [1.807, 2.05) is 6.07 Å². The SMILES string of the molecule is COc1cc(C(=O)Nc2ccc(C3CNCCO3)cc2F)cc(C#N)n1. The predicted molar refractivity (Wildman–Crippen MR) is 91.4 cm³/mol. The minimum Gasteiger partial charge on any atom is -0.481 e. The highest BCUT2D eigenvalue weighted by Gasteiger charge is 2.18. The number of benzene rings is 1. The van der Waals surface area contributed by atoms with E-state index in [0.29, 0.717) is 18.7 Å². The van der Waals surface area contributed by atoms with E-state index in [0.717, 1.165) is 6.54 Å². The number of hydrogen-bond acceptors (Lipinski definition) is 6. The van der Waals surface area contributed by atoms with Gasteiger partial charge >= 0.3 is 0 Å². The largest absolute Gasteiger partial charge is 0.481 e. The molecule has 1 aromatic heterocycles. The van der Waals surface area contributed by atoms with Gasteiger partial charge in [-0.25, -0.2) is 9.37 Å². The summed E-state index contributed by atoms with van der Waals surface area (Å²) >= 11 is 0. The maximum absolute atomic E-state index is 14.4. The fourth-order valence-corrected chi connectivity index (χ4v) is 2.61. The van der Waals surface area contributed by atoms with Crippen molar-refractivity contribution >= 4 is 11.6 Å². The van der Waals surface area contributed by atoms with E-state index in [2.05, 4.69) is 15.6 Å². The van der Waals surface area contributed by atoms with Crippen LogP contribution in [0.1, 0.15) is 27.7 Å². The number of carbonyl (C=O) groups is 1. The number of morpholine rings is 1. The number of nitrogens with zero attached hydrogens (tertiary/aromatic N) is 2. The van der Waals surface area contributed by atoms with Crippen molar-refractivity contribution < 1.29 is 18.7 Å². The third-order valence-electron chi connectivity index (χ3n) is 3.93. The standard InChI is InChI=1S/C18H17FN4O3/c1-25-17-8-12(6-13(9-20)22-17)18(24)23-15-3-2-11(7-14(15)19)16-10-21-4-5-26-16/h2-3,6-8,16,21H,4-5,10H2,1H3,(H,23,24). The Labute approximate surface area is 149 Å². The monoisotopic (exact) mass is 356 g/mol. The van der Waals surface area contributed by atoms with Crippen molar-refractivity contribution in [1.29, 1.82) is 5.26 Å². The van der Waals surface area contributed by atoms with Gasteiger partial charge < -0.3 is 20.1 Å². The van der Waals surface area contributed by atoms with Crippen LogP contribution in [0.5, 0.6) is 5.88 Å². The maximum atomic E-state index is 14.4. The first-order chi connectivity index (χ1) is 12.6. The number of ether oxygens (including phenoxy) is 2. The fourth-order valence-electron chi connectivity index (χ4n) is 2.61. The van der Waals surface area contributed by atoms with E-state index in [4.69, 9.17) is 14.7 Å². The second-order valence-electron chi connectivity index (χ2n) is 5.65. The molecule has 7 nitrogen and oxygen atoms in total. The highest BCUT2D eigenvalue weighted by atomic mass is 19.1. The zero-order valence-electron chi connectivity index (χ0n) is 14.1. The number of nitriles is 1. The number of methoxy groups -OCH3 is 1. The summed E-state index contributed by atoms with van der Waals surface area (Å²) in [5.41, 5.74) is 0.922. The van der Waals surface area contributed by atoms with E-state index in [1.54, 1.807) is 6.07 Å². The molecule has 1 aliphatic rings. The number of aromatic nitrogens is 1. The van der Waals surface area contributed by atoms with Crippen LogP contribution >= 0.6 is 0 Å². The van der Waals surface area contributed by atoms with Crippen LogP contribution in [0.15, 0.2) is 30.3 Å². The van der Waals surface area contributed by atoms with Gasteiger partial charge in [-0.15, -0.1) is 0 Å². The first kappa shape index (κ1) is 17.8. The van der Waals surface area contributed by atoms with Crippen molar-refractivity contribution in [3.05, 3.63) is 53.0 Å². The average Bonchev–Trinajstić information content (AvgIpc) is 2.69. The van der Waals surface area contributed by atoms with Gasteiger partial charge in [0.05, 0.1) is 25.5 Å². The van der Waals surface area contributed by atoms with Crippen LogP contribution < -0.4 is 15.4 Å². The molecular formula is C18H17FN4O3. The molecule has 1 fully saturated rings. The highest BCUT2D eigenvalue weighted by molar-refractivity contribution is 6.04. The summed E-state index contributed by atoms with van der Waals surface area (Å²) in [5.74, 6) is -0.997. The normalized spacial score (nSPS) is 16.6. The van der Waals surface area contributed by atoms with Crippen LogP contribution in [0.25, 0.3) is 0 Å². The smallest absolute Gasteiger partial charge is 0.256 e. The molecule has 8 heteroatoms. The molecule has 2 heterocycles. The van der Waals surface area contributed by atoms with E-state index in [1.165, 1.54) is 31.4 Å². The summed E-state index contributed by atoms with van der Waals surface area (Å²) in [6.07, 6.45) is -0.217. The van der Waals surface area contributed by atoms with Crippen LogP contribution in [0, 0.1) is 17.1 Å². The molecule has 0 spiro atoms. The van der Waals surface area contributed by atoms with Crippen molar-refractivity contribution in [3.63, 3.8) is 0 Å². The summed E-state index contributed by atoms with van der Waals surface area (Å²) in [7, 11) is 1.38. The summed E-state index contributed by atoms with van der Waals surface area (Å²) in [4.78, 5) is 16.3. The Hall–Kier alpha value is -3.02. The lowest BCUT2D eigenvalue weighted by Crippen LogP contribution is -2.33. The Balaban J connectivity index is 1.78. The van der Waals surface area contributed by atoms with Gasteiger partial charge in [0, 0.05) is 24.7 Å². The lowest BCUT2D eigenvalue weighted by Gasteiger charge is -2.24. The van der Waals surface area contributed by atoms with Gasteiger partial charge in [-0.05, 0) is 23.8 Å². The molecule has 1 aliphatic heterocycles. The molecular weight excluding hydrogens is 339 g/mol. The van der Waals surface area contributed by atoms with Gasteiger partial charge in [0.25, 0.3) is 5.91 Å².